The molecule has 0 saturated heterocycles. The number of aromatic nitrogens is 4. The molecule has 51 heavy (non-hydrogen) atoms. The maximum absolute atomic E-state index is 9.78. The second-order valence-electron chi connectivity index (χ2n) is 12.9. The van der Waals surface area contributed by atoms with Crippen LogP contribution in [0, 0.1) is 0 Å². The molecule has 1 aliphatic heterocycles. The minimum absolute atomic E-state index is 0.0998. The van der Waals surface area contributed by atoms with Crippen LogP contribution in [-0.4, -0.2) is 31.6 Å². The number of aromatic amines is 4. The van der Waals surface area contributed by atoms with Gasteiger partial charge < -0.3 is 25.0 Å². The smallest absolute Gasteiger partial charge is 0.0485 e. The molecule has 5 nitrogen and oxygen atoms in total. The van der Waals surface area contributed by atoms with Crippen molar-refractivity contribution in [3.63, 3.8) is 0 Å². The lowest BCUT2D eigenvalue weighted by Crippen LogP contribution is -2.19. The SMILES string of the molecule is OCCc1cccc(C2=c3ccc([nH]3)=C(c3ccccc3)c3ccc([nH]3)C(c3ccccc3)=c3ccc([nH]3)=C(c3ccccc3)c3ccc2[nH]3)c1. The molecule has 8 aromatic rings. The zero-order valence-corrected chi connectivity index (χ0v) is 27.9. The van der Waals surface area contributed by atoms with E-state index in [1.165, 1.54) is 0 Å². The van der Waals surface area contributed by atoms with Crippen molar-refractivity contribution >= 4 is 22.3 Å². The van der Waals surface area contributed by atoms with Gasteiger partial charge in [-0.15, -0.1) is 0 Å². The van der Waals surface area contributed by atoms with Crippen molar-refractivity contribution in [1.29, 1.82) is 0 Å². The zero-order valence-electron chi connectivity index (χ0n) is 27.9. The molecular weight excluding hydrogens is 625 g/mol. The lowest BCUT2D eigenvalue weighted by Gasteiger charge is -2.10. The maximum Gasteiger partial charge on any atom is 0.0485 e. The summed E-state index contributed by atoms with van der Waals surface area (Å²) in [6, 6.07) is 57.6. The standard InChI is InChI=1S/C46H36N4O/c51-28-27-30-11-10-18-34(29-30)46-41-25-23-39(49-41)44(32-14-6-2-7-15-32)37-21-19-35(47-37)43(31-12-4-1-5-13-31)36-20-22-38(48-36)45(33-16-8-3-9-17-33)40-24-26-42(46)50-40/h1-26,29,47-51H,27-28H2. The van der Waals surface area contributed by atoms with E-state index in [4.69, 9.17) is 0 Å². The number of aliphatic hydroxyl groups is 1. The van der Waals surface area contributed by atoms with Gasteiger partial charge in [-0.1, -0.05) is 115 Å². The molecule has 0 saturated carbocycles. The van der Waals surface area contributed by atoms with Gasteiger partial charge in [0.15, 0.2) is 0 Å². The number of hydrogen-bond donors (Lipinski definition) is 5. The second-order valence-corrected chi connectivity index (χ2v) is 12.9. The van der Waals surface area contributed by atoms with E-state index >= 15 is 0 Å². The van der Waals surface area contributed by atoms with Crippen LogP contribution in [0.4, 0.5) is 0 Å². The van der Waals surface area contributed by atoms with E-state index in [-0.39, 0.29) is 6.61 Å². The van der Waals surface area contributed by atoms with Gasteiger partial charge in [0.05, 0.1) is 0 Å². The van der Waals surface area contributed by atoms with Crippen molar-refractivity contribution in [3.05, 3.63) is 236 Å². The highest BCUT2D eigenvalue weighted by molar-refractivity contribution is 5.84. The molecule has 5 heterocycles. The van der Waals surface area contributed by atoms with Crippen molar-refractivity contribution in [3.8, 4) is 0 Å². The molecular formula is C46H36N4O. The van der Waals surface area contributed by atoms with Gasteiger partial charge in [-0.25, -0.2) is 0 Å². The van der Waals surface area contributed by atoms with Crippen LogP contribution in [0.25, 0.3) is 22.3 Å². The first-order valence-electron chi connectivity index (χ1n) is 17.4. The Hall–Kier alpha value is -6.56. The molecule has 0 fully saturated rings. The average molecular weight is 661 g/mol. The first-order chi connectivity index (χ1) is 25.2. The molecule has 4 aromatic heterocycles. The summed E-state index contributed by atoms with van der Waals surface area (Å²) >= 11 is 0. The Kier molecular flexibility index (Phi) is 7.80. The van der Waals surface area contributed by atoms with Crippen molar-refractivity contribution < 1.29 is 5.11 Å². The van der Waals surface area contributed by atoms with E-state index in [0.29, 0.717) is 6.42 Å². The van der Waals surface area contributed by atoms with E-state index in [9.17, 15) is 5.11 Å². The lowest BCUT2D eigenvalue weighted by atomic mass is 9.99. The normalized spacial score (nSPS) is 12.8. The summed E-state index contributed by atoms with van der Waals surface area (Å²) in [6.45, 7) is 0.0998. The van der Waals surface area contributed by atoms with Gasteiger partial charge in [0.25, 0.3) is 0 Å². The summed E-state index contributed by atoms with van der Waals surface area (Å²) in [5.41, 5.74) is 13.8. The Morgan fingerprint density at radius 2 is 0.686 bits per heavy atom. The molecule has 0 spiro atoms. The highest BCUT2D eigenvalue weighted by atomic mass is 16.2. The molecule has 246 valence electrons. The summed E-state index contributed by atoms with van der Waals surface area (Å²) in [6.07, 6.45) is 0.594. The van der Waals surface area contributed by atoms with Gasteiger partial charge >= 0.3 is 0 Å². The maximum atomic E-state index is 9.78. The average Bonchev–Trinajstić information content (AvgIpc) is 4.01. The summed E-state index contributed by atoms with van der Waals surface area (Å²) in [5, 5.41) is 13.8. The molecule has 9 rings (SSSR count). The fraction of sp³-hybridized carbons (Fsp3) is 0.0435. The predicted molar refractivity (Wildman–Crippen MR) is 205 cm³/mol. The van der Waals surface area contributed by atoms with Gasteiger partial charge in [-0.2, -0.15) is 0 Å². The molecule has 0 unspecified atom stereocenters. The number of rotatable bonds is 6. The van der Waals surface area contributed by atoms with Crippen LogP contribution >= 0.6 is 0 Å². The van der Waals surface area contributed by atoms with E-state index in [1.807, 2.05) is 0 Å². The van der Waals surface area contributed by atoms with Crippen molar-refractivity contribution in [2.24, 2.45) is 0 Å². The summed E-state index contributed by atoms with van der Waals surface area (Å²) in [5.74, 6) is 0. The molecule has 1 aliphatic rings. The highest BCUT2D eigenvalue weighted by Crippen LogP contribution is 2.28. The van der Waals surface area contributed by atoms with Crippen molar-refractivity contribution in [2.75, 3.05) is 6.61 Å². The first kappa shape index (κ1) is 30.5. The van der Waals surface area contributed by atoms with Gasteiger partial charge in [0.2, 0.25) is 0 Å². The third-order valence-electron chi connectivity index (χ3n) is 9.70. The van der Waals surface area contributed by atoms with E-state index in [1.54, 1.807) is 0 Å². The van der Waals surface area contributed by atoms with Gasteiger partial charge in [0, 0.05) is 73.1 Å². The molecule has 0 amide bonds. The van der Waals surface area contributed by atoms with Gasteiger partial charge in [-0.05, 0) is 82.8 Å². The Morgan fingerprint density at radius 1 is 0.333 bits per heavy atom. The fourth-order valence-electron chi connectivity index (χ4n) is 7.40. The largest absolute Gasteiger partial charge is 0.396 e. The molecule has 0 radical (unpaired) electrons. The van der Waals surface area contributed by atoms with E-state index in [2.05, 4.69) is 184 Å². The lowest BCUT2D eigenvalue weighted by molar-refractivity contribution is 0.299. The van der Waals surface area contributed by atoms with Crippen LogP contribution in [0.15, 0.2) is 164 Å². The van der Waals surface area contributed by atoms with Gasteiger partial charge in [0.1, 0.15) is 0 Å². The monoisotopic (exact) mass is 660 g/mol. The summed E-state index contributed by atoms with van der Waals surface area (Å²) < 4.78 is 0. The number of aliphatic hydroxyl groups excluding tert-OH is 1. The fourth-order valence-corrected chi connectivity index (χ4v) is 7.40. The Labute approximate surface area is 295 Å². The Morgan fingerprint density at radius 3 is 1.06 bits per heavy atom. The predicted octanol–water partition coefficient (Wildman–Crippen LogP) is 5.84. The second kappa shape index (κ2) is 13.0. The Bertz CT molecular complexity index is 2740. The van der Waals surface area contributed by atoms with Crippen molar-refractivity contribution in [2.45, 2.75) is 6.42 Å². The third kappa shape index (κ3) is 5.70. The first-order valence-corrected chi connectivity index (χ1v) is 17.4. The molecule has 0 aliphatic carbocycles. The molecule has 5 N–H and O–H groups in total. The van der Waals surface area contributed by atoms with Crippen LogP contribution in [-0.2, 0) is 6.42 Å². The van der Waals surface area contributed by atoms with Crippen molar-refractivity contribution in [1.82, 2.24) is 19.9 Å². The van der Waals surface area contributed by atoms with Crippen LogP contribution in [0.2, 0.25) is 0 Å². The summed E-state index contributed by atoms with van der Waals surface area (Å²) in [4.78, 5) is 15.4. The van der Waals surface area contributed by atoms with Crippen LogP contribution < -0.4 is 21.4 Å². The van der Waals surface area contributed by atoms with E-state index < -0.39 is 0 Å². The van der Waals surface area contributed by atoms with Crippen LogP contribution in [0.5, 0.6) is 0 Å². The number of benzene rings is 4. The Balaban J connectivity index is 1.43. The molecule has 4 aromatic carbocycles. The third-order valence-corrected chi connectivity index (χ3v) is 9.70. The topological polar surface area (TPSA) is 83.4 Å². The minimum Gasteiger partial charge on any atom is -0.396 e. The van der Waals surface area contributed by atoms with Crippen LogP contribution in [0.3, 0.4) is 0 Å². The minimum atomic E-state index is 0.0998. The van der Waals surface area contributed by atoms with E-state index in [0.717, 1.165) is 94.3 Å². The number of nitrogens with one attached hydrogen (secondary N) is 4. The number of H-pyrrole nitrogens is 4. The van der Waals surface area contributed by atoms with Crippen LogP contribution in [0.1, 0.15) is 50.6 Å². The number of fused-ring (bicyclic) bond motifs is 8. The summed E-state index contributed by atoms with van der Waals surface area (Å²) in [7, 11) is 0. The number of hydrogen-bond acceptors (Lipinski definition) is 1. The molecule has 5 heteroatoms. The highest BCUT2D eigenvalue weighted by Gasteiger charge is 2.18. The molecule has 8 bridgehead atoms. The van der Waals surface area contributed by atoms with Gasteiger partial charge in [-0.3, -0.25) is 0 Å². The zero-order chi connectivity index (χ0) is 34.1. The molecule has 0 atom stereocenters. The quantitative estimate of drug-likeness (QED) is 0.153.